The third-order valence-corrected chi connectivity index (χ3v) is 1.88. The Morgan fingerprint density at radius 1 is 1.43 bits per heavy atom. The number of methoxy groups -OCH3 is 1. The lowest BCUT2D eigenvalue weighted by Crippen LogP contribution is -1.96. The van der Waals surface area contributed by atoms with E-state index in [1.165, 1.54) is 6.33 Å². The third kappa shape index (κ3) is 1.44. The van der Waals surface area contributed by atoms with Gasteiger partial charge in [0.15, 0.2) is 0 Å². The van der Waals surface area contributed by atoms with E-state index in [1.54, 1.807) is 11.8 Å². The van der Waals surface area contributed by atoms with Crippen molar-refractivity contribution < 1.29 is 4.74 Å². The molecule has 0 unspecified atom stereocenters. The van der Waals surface area contributed by atoms with Gasteiger partial charge in [-0.05, 0) is 41.1 Å². The molecule has 5 nitrogen and oxygen atoms in total. The fraction of sp³-hybridized carbons (Fsp3) is 0.111. The number of nitrogens with zero attached hydrogens (tertiary/aromatic N) is 4. The maximum Gasteiger partial charge on any atom is 0.143 e. The zero-order valence-corrected chi connectivity index (χ0v) is 7.71. The summed E-state index contributed by atoms with van der Waals surface area (Å²) < 4.78 is 6.66. The second-order valence-corrected chi connectivity index (χ2v) is 2.75. The van der Waals surface area contributed by atoms with Crippen LogP contribution < -0.4 is 4.74 Å². The minimum Gasteiger partial charge on any atom is -0.496 e. The lowest BCUT2D eigenvalue weighted by atomic mass is 10.2. The Labute approximate surface area is 81.3 Å². The Hall–Kier alpha value is -1.91. The van der Waals surface area contributed by atoms with Gasteiger partial charge in [0.05, 0.1) is 12.8 Å². The Balaban J connectivity index is 2.43. The average Bonchev–Trinajstić information content (AvgIpc) is 2.70. The fourth-order valence-corrected chi connectivity index (χ4v) is 1.19. The van der Waals surface area contributed by atoms with Crippen LogP contribution in [0.3, 0.4) is 0 Å². The van der Waals surface area contributed by atoms with Crippen LogP contribution in [0.2, 0.25) is 0 Å². The Morgan fingerprint density at radius 2 is 2.29 bits per heavy atom. The summed E-state index contributed by atoms with van der Waals surface area (Å²) >= 11 is 0. The van der Waals surface area contributed by atoms with Crippen LogP contribution in [0.4, 0.5) is 0 Å². The number of hydrogen-bond acceptors (Lipinski definition) is 4. The molecule has 2 aromatic rings. The van der Waals surface area contributed by atoms with Crippen molar-refractivity contribution in [1.29, 1.82) is 0 Å². The fourth-order valence-electron chi connectivity index (χ4n) is 1.19. The third-order valence-electron chi connectivity index (χ3n) is 1.88. The van der Waals surface area contributed by atoms with Gasteiger partial charge in [0.2, 0.25) is 0 Å². The monoisotopic (exact) mass is 189 g/mol. The summed E-state index contributed by atoms with van der Waals surface area (Å²) in [5.41, 5.74) is 1.67. The average molecular weight is 189 g/mol. The van der Waals surface area contributed by atoms with Gasteiger partial charge < -0.3 is 4.74 Å². The van der Waals surface area contributed by atoms with Gasteiger partial charge >= 0.3 is 0 Å². The minimum atomic E-state index is 0.752. The van der Waals surface area contributed by atoms with Crippen molar-refractivity contribution in [2.45, 2.75) is 0 Å². The molecule has 0 bridgehead atoms. The van der Waals surface area contributed by atoms with Crippen LogP contribution >= 0.6 is 0 Å². The molecule has 1 radical (unpaired) electrons. The number of tetrazole rings is 1. The molecule has 5 heteroatoms. The topological polar surface area (TPSA) is 52.8 Å². The molecule has 1 heterocycles. The summed E-state index contributed by atoms with van der Waals surface area (Å²) in [6.07, 6.45) is 1.53. The molecule has 0 atom stereocenters. The molecule has 0 aliphatic heterocycles. The molecule has 0 spiro atoms. The second-order valence-electron chi connectivity index (χ2n) is 2.75. The zero-order valence-electron chi connectivity index (χ0n) is 7.71. The molecule has 0 aliphatic rings. The summed E-state index contributed by atoms with van der Waals surface area (Å²) in [7, 11) is 1.61. The first-order chi connectivity index (χ1) is 6.81. The molecule has 0 saturated heterocycles. The maximum absolute atomic E-state index is 5.09. The van der Waals surface area contributed by atoms with Crippen molar-refractivity contribution in [2.75, 3.05) is 7.11 Å². The van der Waals surface area contributed by atoms with E-state index in [2.05, 4.69) is 22.4 Å². The molecule has 0 N–H and O–H groups in total. The molecule has 14 heavy (non-hydrogen) atoms. The lowest BCUT2D eigenvalue weighted by molar-refractivity contribution is 0.413. The highest BCUT2D eigenvalue weighted by molar-refractivity contribution is 5.44. The quantitative estimate of drug-likeness (QED) is 0.702. The van der Waals surface area contributed by atoms with Crippen molar-refractivity contribution in [1.82, 2.24) is 20.2 Å². The Morgan fingerprint density at radius 3 is 2.86 bits per heavy atom. The summed E-state index contributed by atoms with van der Waals surface area (Å²) in [5, 5.41) is 10.9. The molecule has 2 rings (SSSR count). The number of hydrogen-bond donors (Lipinski definition) is 0. The van der Waals surface area contributed by atoms with Gasteiger partial charge in [-0.25, -0.2) is 4.68 Å². The van der Waals surface area contributed by atoms with Crippen LogP contribution in [0.5, 0.6) is 5.75 Å². The van der Waals surface area contributed by atoms with Crippen molar-refractivity contribution in [3.05, 3.63) is 37.0 Å². The first-order valence-electron chi connectivity index (χ1n) is 4.04. The van der Waals surface area contributed by atoms with E-state index in [-0.39, 0.29) is 0 Å². The van der Waals surface area contributed by atoms with Crippen molar-refractivity contribution >= 4 is 0 Å². The molecule has 0 amide bonds. The first-order valence-corrected chi connectivity index (χ1v) is 4.04. The van der Waals surface area contributed by atoms with Gasteiger partial charge in [-0.15, -0.1) is 5.10 Å². The number of ether oxygens (including phenoxy) is 1. The summed E-state index contributed by atoms with van der Waals surface area (Å²) in [6, 6.07) is 5.55. The number of rotatable bonds is 2. The largest absolute Gasteiger partial charge is 0.496 e. The van der Waals surface area contributed by atoms with Crippen LogP contribution in [0, 0.1) is 6.92 Å². The molecule has 0 saturated carbocycles. The van der Waals surface area contributed by atoms with Gasteiger partial charge in [-0.2, -0.15) is 0 Å². The molecule has 1 aromatic heterocycles. The highest BCUT2D eigenvalue weighted by Gasteiger charge is 2.02. The van der Waals surface area contributed by atoms with Crippen LogP contribution in [-0.2, 0) is 0 Å². The van der Waals surface area contributed by atoms with E-state index in [9.17, 15) is 0 Å². The highest BCUT2D eigenvalue weighted by atomic mass is 16.5. The summed E-state index contributed by atoms with van der Waals surface area (Å²) in [4.78, 5) is 0. The SMILES string of the molecule is [CH2]c1cc(-n2cnnn2)ccc1OC. The number of aromatic nitrogens is 4. The van der Waals surface area contributed by atoms with Gasteiger partial charge in [0, 0.05) is 0 Å². The number of benzene rings is 1. The van der Waals surface area contributed by atoms with E-state index in [4.69, 9.17) is 4.74 Å². The van der Waals surface area contributed by atoms with Gasteiger partial charge in [-0.3, -0.25) is 0 Å². The van der Waals surface area contributed by atoms with Gasteiger partial charge in [0.1, 0.15) is 12.1 Å². The van der Waals surface area contributed by atoms with Crippen molar-refractivity contribution in [2.24, 2.45) is 0 Å². The van der Waals surface area contributed by atoms with Crippen LogP contribution in [-0.4, -0.2) is 27.3 Å². The molecule has 1 aromatic carbocycles. The van der Waals surface area contributed by atoms with Gasteiger partial charge in [-0.1, -0.05) is 0 Å². The smallest absolute Gasteiger partial charge is 0.143 e. The van der Waals surface area contributed by atoms with E-state index in [0.717, 1.165) is 17.0 Å². The Bertz CT molecular complexity index is 424. The second kappa shape index (κ2) is 3.45. The molecule has 0 aliphatic carbocycles. The van der Waals surface area contributed by atoms with E-state index < -0.39 is 0 Å². The normalized spacial score (nSPS) is 10.1. The molecule has 0 fully saturated rings. The Kier molecular flexibility index (Phi) is 2.14. The van der Waals surface area contributed by atoms with E-state index >= 15 is 0 Å². The van der Waals surface area contributed by atoms with Crippen molar-refractivity contribution in [3.8, 4) is 11.4 Å². The molecular formula is C9H9N4O. The molecular weight excluding hydrogens is 180 g/mol. The van der Waals surface area contributed by atoms with E-state index in [0.29, 0.717) is 0 Å². The van der Waals surface area contributed by atoms with Crippen LogP contribution in [0.15, 0.2) is 24.5 Å². The zero-order chi connectivity index (χ0) is 9.97. The van der Waals surface area contributed by atoms with Gasteiger partial charge in [0.25, 0.3) is 0 Å². The standard InChI is InChI=1S/C9H9N4O/c1-7-5-8(3-4-9(7)14-2)13-6-10-11-12-13/h3-6H,1H2,2H3. The van der Waals surface area contributed by atoms with Crippen molar-refractivity contribution in [3.63, 3.8) is 0 Å². The minimum absolute atomic E-state index is 0.752. The van der Waals surface area contributed by atoms with Crippen LogP contribution in [0.25, 0.3) is 5.69 Å². The van der Waals surface area contributed by atoms with E-state index in [1.807, 2.05) is 18.2 Å². The summed E-state index contributed by atoms with van der Waals surface area (Å²) in [5.74, 6) is 0.752. The first kappa shape index (κ1) is 8.68. The van der Waals surface area contributed by atoms with Crippen LogP contribution in [0.1, 0.15) is 5.56 Å². The summed E-state index contributed by atoms with van der Waals surface area (Å²) in [6.45, 7) is 3.85. The maximum atomic E-state index is 5.09. The molecule has 71 valence electrons. The predicted molar refractivity (Wildman–Crippen MR) is 50.2 cm³/mol. The predicted octanol–water partition coefficient (Wildman–Crippen LogP) is 0.853. The highest BCUT2D eigenvalue weighted by Crippen LogP contribution is 2.19. The lowest BCUT2D eigenvalue weighted by Gasteiger charge is -2.05.